The molecule has 0 amide bonds. The van der Waals surface area contributed by atoms with Crippen LogP contribution in [0.4, 0.5) is 0 Å². The molecule has 0 radical (unpaired) electrons. The van der Waals surface area contributed by atoms with Crippen molar-refractivity contribution in [1.82, 2.24) is 4.72 Å². The summed E-state index contributed by atoms with van der Waals surface area (Å²) in [6, 6.07) is 3.81. The van der Waals surface area contributed by atoms with Crippen LogP contribution < -0.4 is 9.86 Å². The van der Waals surface area contributed by atoms with E-state index in [9.17, 15) is 8.42 Å². The molecule has 20 heavy (non-hydrogen) atoms. The Morgan fingerprint density at radius 2 is 1.70 bits per heavy atom. The Kier molecular flexibility index (Phi) is 7.02. The van der Waals surface area contributed by atoms with Crippen molar-refractivity contribution in [3.05, 3.63) is 28.8 Å². The van der Waals surface area contributed by atoms with Crippen LogP contribution in [0.15, 0.2) is 17.0 Å². The second-order valence-corrected chi connectivity index (χ2v) is 7.50. The summed E-state index contributed by atoms with van der Waals surface area (Å²) in [4.78, 5) is 0.417. The topological polar surface area (TPSA) is 72.2 Å². The smallest absolute Gasteiger partial charge is 0.241 e. The normalized spacial score (nSPS) is 11.8. The largest absolute Gasteiger partial charge is 0.278 e. The van der Waals surface area contributed by atoms with Crippen molar-refractivity contribution in [2.75, 3.05) is 12.3 Å². The fourth-order valence-electron chi connectivity index (χ4n) is 2.36. The average molecular weight is 316 g/mol. The number of nitrogens with one attached hydrogen (secondary N) is 1. The molecular formula is C14H24N2O2S2. The van der Waals surface area contributed by atoms with Crippen LogP contribution in [0, 0.1) is 20.8 Å². The summed E-state index contributed by atoms with van der Waals surface area (Å²) in [7, 11) is -3.41. The van der Waals surface area contributed by atoms with E-state index in [0.29, 0.717) is 11.4 Å². The molecule has 0 spiro atoms. The van der Waals surface area contributed by atoms with Gasteiger partial charge in [0.1, 0.15) is 0 Å². The average Bonchev–Trinajstić information content (AvgIpc) is 2.31. The second kappa shape index (κ2) is 8.02. The molecule has 0 heterocycles. The molecule has 0 atom stereocenters. The van der Waals surface area contributed by atoms with Gasteiger partial charge in [-0.3, -0.25) is 5.14 Å². The minimum atomic E-state index is -3.41. The van der Waals surface area contributed by atoms with Crippen LogP contribution in [0.2, 0.25) is 0 Å². The predicted octanol–water partition coefficient (Wildman–Crippen LogP) is 2.67. The molecule has 0 bridgehead atoms. The number of nitrogens with two attached hydrogens (primary N) is 1. The SMILES string of the molecule is Cc1cc(C)c(S(=O)(=O)NCCCCCSN)c(C)c1. The Hall–Kier alpha value is -0.560. The highest BCUT2D eigenvalue weighted by Gasteiger charge is 2.18. The van der Waals surface area contributed by atoms with E-state index >= 15 is 0 Å². The molecule has 0 aliphatic rings. The molecule has 6 heteroatoms. The third-order valence-electron chi connectivity index (χ3n) is 3.10. The zero-order chi connectivity index (χ0) is 15.2. The highest BCUT2D eigenvalue weighted by Crippen LogP contribution is 2.21. The van der Waals surface area contributed by atoms with Crippen LogP contribution in [0.3, 0.4) is 0 Å². The van der Waals surface area contributed by atoms with Crippen molar-refractivity contribution in [3.8, 4) is 0 Å². The molecule has 0 unspecified atom stereocenters. The molecule has 1 aromatic carbocycles. The standard InChI is InChI=1S/C14H24N2O2S2/c1-11-9-12(2)14(13(3)10-11)20(17,18)16-7-5-4-6-8-19-15/h9-10,16H,4-8,15H2,1-3H3. The minimum Gasteiger partial charge on any atom is -0.278 e. The number of rotatable bonds is 8. The van der Waals surface area contributed by atoms with E-state index in [-0.39, 0.29) is 0 Å². The Bertz CT molecular complexity index is 519. The van der Waals surface area contributed by atoms with Gasteiger partial charge in [0.15, 0.2) is 0 Å². The minimum absolute atomic E-state index is 0.417. The molecule has 0 aromatic heterocycles. The van der Waals surface area contributed by atoms with Gasteiger partial charge in [-0.15, -0.1) is 0 Å². The van der Waals surface area contributed by atoms with Crippen LogP contribution in [0.25, 0.3) is 0 Å². The van der Waals surface area contributed by atoms with Crippen molar-refractivity contribution < 1.29 is 8.42 Å². The van der Waals surface area contributed by atoms with E-state index in [1.54, 1.807) is 0 Å². The van der Waals surface area contributed by atoms with E-state index in [1.807, 2.05) is 32.9 Å². The van der Waals surface area contributed by atoms with Gasteiger partial charge in [-0.2, -0.15) is 0 Å². The van der Waals surface area contributed by atoms with Crippen molar-refractivity contribution in [3.63, 3.8) is 0 Å². The molecule has 4 nitrogen and oxygen atoms in total. The maximum atomic E-state index is 12.3. The number of hydrogen-bond acceptors (Lipinski definition) is 4. The summed E-state index contributed by atoms with van der Waals surface area (Å²) in [5, 5.41) is 5.34. The molecule has 1 rings (SSSR count). The van der Waals surface area contributed by atoms with Crippen LogP contribution in [-0.2, 0) is 10.0 Å². The Morgan fingerprint density at radius 3 is 2.25 bits per heavy atom. The first-order valence-electron chi connectivity index (χ1n) is 6.77. The highest BCUT2D eigenvalue weighted by molar-refractivity contribution is 7.97. The summed E-state index contributed by atoms with van der Waals surface area (Å²) in [6.45, 7) is 6.13. The number of aryl methyl sites for hydroxylation is 3. The van der Waals surface area contributed by atoms with Crippen molar-refractivity contribution in [2.24, 2.45) is 5.14 Å². The van der Waals surface area contributed by atoms with E-state index in [0.717, 1.165) is 41.7 Å². The molecular weight excluding hydrogens is 292 g/mol. The van der Waals surface area contributed by atoms with Crippen LogP contribution in [0.1, 0.15) is 36.0 Å². The Balaban J connectivity index is 2.66. The maximum absolute atomic E-state index is 12.3. The van der Waals surface area contributed by atoms with Crippen molar-refractivity contribution >= 4 is 22.0 Å². The van der Waals surface area contributed by atoms with Gasteiger partial charge in [-0.05, 0) is 44.7 Å². The highest BCUT2D eigenvalue weighted by atomic mass is 32.2. The van der Waals surface area contributed by atoms with Gasteiger partial charge < -0.3 is 0 Å². The van der Waals surface area contributed by atoms with Gasteiger partial charge in [0.2, 0.25) is 10.0 Å². The summed E-state index contributed by atoms with van der Waals surface area (Å²) in [6.07, 6.45) is 2.84. The monoisotopic (exact) mass is 316 g/mol. The third kappa shape index (κ3) is 5.09. The lowest BCUT2D eigenvalue weighted by Gasteiger charge is -2.13. The van der Waals surface area contributed by atoms with E-state index < -0.39 is 10.0 Å². The Labute approximate surface area is 126 Å². The maximum Gasteiger partial charge on any atom is 0.241 e. The molecule has 0 fully saturated rings. The molecule has 114 valence electrons. The van der Waals surface area contributed by atoms with Crippen molar-refractivity contribution in [1.29, 1.82) is 0 Å². The lowest BCUT2D eigenvalue weighted by atomic mass is 10.1. The second-order valence-electron chi connectivity index (χ2n) is 5.06. The number of hydrogen-bond donors (Lipinski definition) is 2. The molecule has 1 aromatic rings. The summed E-state index contributed by atoms with van der Waals surface area (Å²) < 4.78 is 27.4. The summed E-state index contributed by atoms with van der Waals surface area (Å²) in [5.74, 6) is 0.920. The fraction of sp³-hybridized carbons (Fsp3) is 0.571. The van der Waals surface area contributed by atoms with Gasteiger partial charge in [-0.1, -0.05) is 36.1 Å². The van der Waals surface area contributed by atoms with Crippen LogP contribution in [-0.4, -0.2) is 20.7 Å². The third-order valence-corrected chi connectivity index (χ3v) is 5.39. The lowest BCUT2D eigenvalue weighted by Crippen LogP contribution is -2.26. The molecule has 3 N–H and O–H groups in total. The van der Waals surface area contributed by atoms with Crippen LogP contribution in [0.5, 0.6) is 0 Å². The van der Waals surface area contributed by atoms with Crippen molar-refractivity contribution in [2.45, 2.75) is 44.9 Å². The molecule has 0 aliphatic heterocycles. The van der Waals surface area contributed by atoms with Gasteiger partial charge in [0.25, 0.3) is 0 Å². The first-order chi connectivity index (χ1) is 9.38. The first kappa shape index (κ1) is 17.5. The molecule has 0 saturated heterocycles. The van der Waals surface area contributed by atoms with Crippen LogP contribution >= 0.6 is 11.9 Å². The predicted molar refractivity (Wildman–Crippen MR) is 86.3 cm³/mol. The van der Waals surface area contributed by atoms with E-state index in [2.05, 4.69) is 4.72 Å². The number of benzene rings is 1. The molecule has 0 aliphatic carbocycles. The van der Waals surface area contributed by atoms with E-state index in [1.165, 1.54) is 11.9 Å². The quantitative estimate of drug-likeness (QED) is 0.571. The molecule has 0 saturated carbocycles. The fourth-order valence-corrected chi connectivity index (χ4v) is 4.25. The number of sulfonamides is 1. The zero-order valence-corrected chi connectivity index (χ0v) is 14.0. The lowest BCUT2D eigenvalue weighted by molar-refractivity contribution is 0.575. The summed E-state index contributed by atoms with van der Waals surface area (Å²) in [5.41, 5.74) is 2.68. The van der Waals surface area contributed by atoms with Gasteiger partial charge >= 0.3 is 0 Å². The first-order valence-corrected chi connectivity index (χ1v) is 9.31. The zero-order valence-electron chi connectivity index (χ0n) is 12.4. The van der Waals surface area contributed by atoms with Gasteiger partial charge in [0.05, 0.1) is 4.90 Å². The van der Waals surface area contributed by atoms with Gasteiger partial charge in [-0.25, -0.2) is 13.1 Å². The van der Waals surface area contributed by atoms with E-state index in [4.69, 9.17) is 5.14 Å². The number of unbranched alkanes of at least 4 members (excludes halogenated alkanes) is 2. The van der Waals surface area contributed by atoms with Gasteiger partial charge in [0, 0.05) is 12.3 Å². The Morgan fingerprint density at radius 1 is 1.10 bits per heavy atom. The summed E-state index contributed by atoms with van der Waals surface area (Å²) >= 11 is 1.33.